The van der Waals surface area contributed by atoms with E-state index in [1.54, 1.807) is 13.2 Å². The number of benzene rings is 2. The molecular formula is C21H27FN2O2. The number of nitrogens with one attached hydrogen (secondary N) is 1. The molecule has 0 bridgehead atoms. The van der Waals surface area contributed by atoms with Crippen LogP contribution in [0, 0.1) is 5.82 Å². The van der Waals surface area contributed by atoms with Crippen molar-refractivity contribution in [3.63, 3.8) is 0 Å². The number of hydrogen-bond acceptors (Lipinski definition) is 4. The van der Waals surface area contributed by atoms with Crippen LogP contribution in [0.25, 0.3) is 0 Å². The summed E-state index contributed by atoms with van der Waals surface area (Å²) in [6.07, 6.45) is 2.49. The Morgan fingerprint density at radius 3 is 2.38 bits per heavy atom. The molecule has 0 spiro atoms. The Kier molecular flexibility index (Phi) is 6.47. The molecule has 26 heavy (non-hydrogen) atoms. The molecule has 1 heterocycles. The highest BCUT2D eigenvalue weighted by Gasteiger charge is 2.23. The molecule has 1 saturated heterocycles. The van der Waals surface area contributed by atoms with E-state index in [0.717, 1.165) is 30.9 Å². The van der Waals surface area contributed by atoms with Crippen molar-refractivity contribution in [3.8, 4) is 11.5 Å². The molecule has 0 radical (unpaired) electrons. The lowest BCUT2D eigenvalue weighted by Crippen LogP contribution is -2.34. The summed E-state index contributed by atoms with van der Waals surface area (Å²) < 4.78 is 24.1. The van der Waals surface area contributed by atoms with Gasteiger partial charge in [0.1, 0.15) is 5.75 Å². The van der Waals surface area contributed by atoms with Crippen molar-refractivity contribution in [1.29, 1.82) is 0 Å². The number of likely N-dealkylation sites (tertiary alicyclic amines) is 1. The highest BCUT2D eigenvalue weighted by molar-refractivity contribution is 5.30. The molecule has 3 rings (SSSR count). The maximum absolute atomic E-state index is 13.8. The largest absolute Gasteiger partial charge is 0.497 e. The lowest BCUT2D eigenvalue weighted by molar-refractivity contribution is 0.238. The fourth-order valence-corrected chi connectivity index (χ4v) is 3.51. The zero-order chi connectivity index (χ0) is 18.4. The van der Waals surface area contributed by atoms with Crippen molar-refractivity contribution in [2.75, 3.05) is 33.9 Å². The predicted molar refractivity (Wildman–Crippen MR) is 101 cm³/mol. The van der Waals surface area contributed by atoms with Gasteiger partial charge in [-0.1, -0.05) is 18.2 Å². The molecule has 1 aliphatic rings. The summed E-state index contributed by atoms with van der Waals surface area (Å²) in [6, 6.07) is 13.7. The van der Waals surface area contributed by atoms with Crippen molar-refractivity contribution in [2.45, 2.75) is 25.4 Å². The van der Waals surface area contributed by atoms with Gasteiger partial charge in [0.25, 0.3) is 0 Å². The number of rotatable bonds is 8. The second-order valence-corrected chi connectivity index (χ2v) is 6.63. The van der Waals surface area contributed by atoms with Gasteiger partial charge in [-0.2, -0.15) is 0 Å². The average molecular weight is 358 g/mol. The van der Waals surface area contributed by atoms with Crippen molar-refractivity contribution in [1.82, 2.24) is 10.2 Å². The third-order valence-corrected chi connectivity index (χ3v) is 4.97. The van der Waals surface area contributed by atoms with Crippen LogP contribution in [0.3, 0.4) is 0 Å². The summed E-state index contributed by atoms with van der Waals surface area (Å²) in [5, 5.41) is 3.49. The summed E-state index contributed by atoms with van der Waals surface area (Å²) in [5.41, 5.74) is 2.19. The van der Waals surface area contributed by atoms with E-state index in [1.807, 2.05) is 18.2 Å². The average Bonchev–Trinajstić information content (AvgIpc) is 3.20. The van der Waals surface area contributed by atoms with Gasteiger partial charge >= 0.3 is 0 Å². The Hall–Kier alpha value is -2.11. The van der Waals surface area contributed by atoms with Gasteiger partial charge in [-0.05, 0) is 61.3 Å². The summed E-state index contributed by atoms with van der Waals surface area (Å²) in [5.74, 6) is 0.829. The van der Waals surface area contributed by atoms with Crippen LogP contribution in [-0.4, -0.2) is 38.8 Å². The molecule has 2 aromatic rings. The minimum Gasteiger partial charge on any atom is -0.497 e. The first kappa shape index (κ1) is 18.7. The minimum absolute atomic E-state index is 0.280. The molecule has 1 fully saturated rings. The second kappa shape index (κ2) is 9.01. The maximum Gasteiger partial charge on any atom is 0.165 e. The van der Waals surface area contributed by atoms with Gasteiger partial charge in [0.2, 0.25) is 0 Å². The molecule has 0 saturated carbocycles. The quantitative estimate of drug-likeness (QED) is 0.779. The molecule has 1 aliphatic heterocycles. The molecule has 0 amide bonds. The standard InChI is InChI=1S/C21H27FN2O2/c1-25-18-8-6-17(7-9-18)20(24-11-3-4-12-24)15-23-14-16-5-10-21(26-2)19(22)13-16/h5-10,13,20,23H,3-4,11-12,14-15H2,1-2H3. The van der Waals surface area contributed by atoms with E-state index in [1.165, 1.54) is 31.6 Å². The Balaban J connectivity index is 1.64. The van der Waals surface area contributed by atoms with Gasteiger partial charge < -0.3 is 14.8 Å². The molecule has 140 valence electrons. The summed E-state index contributed by atoms with van der Waals surface area (Å²) in [6.45, 7) is 3.69. The first-order chi connectivity index (χ1) is 12.7. The van der Waals surface area contributed by atoms with E-state index in [4.69, 9.17) is 9.47 Å². The van der Waals surface area contributed by atoms with Crippen LogP contribution >= 0.6 is 0 Å². The minimum atomic E-state index is -0.321. The second-order valence-electron chi connectivity index (χ2n) is 6.63. The summed E-state index contributed by atoms with van der Waals surface area (Å²) >= 11 is 0. The fraction of sp³-hybridized carbons (Fsp3) is 0.429. The van der Waals surface area contributed by atoms with Crippen molar-refractivity contribution in [3.05, 3.63) is 59.4 Å². The third kappa shape index (κ3) is 4.54. The number of nitrogens with zero attached hydrogens (tertiary/aromatic N) is 1. The van der Waals surface area contributed by atoms with E-state index < -0.39 is 0 Å². The van der Waals surface area contributed by atoms with E-state index >= 15 is 0 Å². The first-order valence-corrected chi connectivity index (χ1v) is 9.12. The van der Waals surface area contributed by atoms with Crippen LogP contribution in [0.4, 0.5) is 4.39 Å². The normalized spacial score (nSPS) is 15.8. The lowest BCUT2D eigenvalue weighted by Gasteiger charge is -2.28. The first-order valence-electron chi connectivity index (χ1n) is 9.12. The molecule has 2 aromatic carbocycles. The van der Waals surface area contributed by atoms with E-state index in [9.17, 15) is 4.39 Å². The Bertz CT molecular complexity index is 700. The molecule has 0 aromatic heterocycles. The van der Waals surface area contributed by atoms with Crippen LogP contribution < -0.4 is 14.8 Å². The van der Waals surface area contributed by atoms with Gasteiger partial charge in [0.15, 0.2) is 11.6 Å². The van der Waals surface area contributed by atoms with Gasteiger partial charge in [-0.25, -0.2) is 4.39 Å². The van der Waals surface area contributed by atoms with Crippen LogP contribution in [0.2, 0.25) is 0 Å². The molecule has 1 N–H and O–H groups in total. The van der Waals surface area contributed by atoms with E-state index in [-0.39, 0.29) is 11.6 Å². The van der Waals surface area contributed by atoms with Gasteiger partial charge in [-0.15, -0.1) is 0 Å². The molecule has 5 heteroatoms. The summed E-state index contributed by atoms with van der Waals surface area (Å²) in [4.78, 5) is 2.52. The molecule has 1 atom stereocenters. The van der Waals surface area contributed by atoms with Crippen molar-refractivity contribution >= 4 is 0 Å². The third-order valence-electron chi connectivity index (χ3n) is 4.97. The summed E-state index contributed by atoms with van der Waals surface area (Å²) in [7, 11) is 3.16. The van der Waals surface area contributed by atoms with E-state index in [0.29, 0.717) is 12.6 Å². The predicted octanol–water partition coefficient (Wildman–Crippen LogP) is 3.77. The monoisotopic (exact) mass is 358 g/mol. The Labute approximate surface area is 154 Å². The van der Waals surface area contributed by atoms with Crippen molar-refractivity contribution in [2.24, 2.45) is 0 Å². The Morgan fingerprint density at radius 1 is 1.04 bits per heavy atom. The number of halogens is 1. The van der Waals surface area contributed by atoms with E-state index in [2.05, 4.69) is 22.3 Å². The van der Waals surface area contributed by atoms with Gasteiger partial charge in [0.05, 0.1) is 14.2 Å². The van der Waals surface area contributed by atoms with Crippen LogP contribution in [0.15, 0.2) is 42.5 Å². The van der Waals surface area contributed by atoms with Crippen molar-refractivity contribution < 1.29 is 13.9 Å². The zero-order valence-corrected chi connectivity index (χ0v) is 15.5. The van der Waals surface area contributed by atoms with Crippen LogP contribution in [-0.2, 0) is 6.54 Å². The highest BCUT2D eigenvalue weighted by atomic mass is 19.1. The topological polar surface area (TPSA) is 33.7 Å². The zero-order valence-electron chi connectivity index (χ0n) is 15.5. The number of methoxy groups -OCH3 is 2. The van der Waals surface area contributed by atoms with Gasteiger partial charge in [0, 0.05) is 19.1 Å². The Morgan fingerprint density at radius 2 is 1.77 bits per heavy atom. The molecule has 0 aliphatic carbocycles. The molecular weight excluding hydrogens is 331 g/mol. The highest BCUT2D eigenvalue weighted by Crippen LogP contribution is 2.26. The smallest absolute Gasteiger partial charge is 0.165 e. The fourth-order valence-electron chi connectivity index (χ4n) is 3.51. The SMILES string of the molecule is COc1ccc(C(CNCc2ccc(OC)c(F)c2)N2CCCC2)cc1. The lowest BCUT2D eigenvalue weighted by atomic mass is 10.0. The number of hydrogen-bond donors (Lipinski definition) is 1. The van der Waals surface area contributed by atoms with Crippen LogP contribution in [0.1, 0.15) is 30.0 Å². The number of ether oxygens (including phenoxy) is 2. The van der Waals surface area contributed by atoms with Gasteiger partial charge in [-0.3, -0.25) is 4.90 Å². The molecule has 4 nitrogen and oxygen atoms in total. The molecule has 1 unspecified atom stereocenters. The van der Waals surface area contributed by atoms with Crippen LogP contribution in [0.5, 0.6) is 11.5 Å². The maximum atomic E-state index is 13.8.